The summed E-state index contributed by atoms with van der Waals surface area (Å²) in [5, 5.41) is 11.7. The number of aromatic hydroxyl groups is 1. The molecule has 7 aliphatic rings. The van der Waals surface area contributed by atoms with Crippen molar-refractivity contribution in [2.75, 3.05) is 0 Å². The summed E-state index contributed by atoms with van der Waals surface area (Å²) < 4.78 is 49.0. The minimum Gasteiger partial charge on any atom is -0.507 e. The number of rotatable bonds is 5. The maximum absolute atomic E-state index is 14.2. The van der Waals surface area contributed by atoms with E-state index in [-0.39, 0.29) is 82.4 Å². The minimum atomic E-state index is -0.948. The van der Waals surface area contributed by atoms with E-state index in [1.165, 1.54) is 12.1 Å². The van der Waals surface area contributed by atoms with E-state index in [9.17, 15) is 29.1 Å². The number of Topliss-reactive ketones (excluding diaryl/α,β-unsaturated/α-hetero) is 2. The average molecular weight is 787 g/mol. The number of ether oxygens (including phenoxy) is 8. The first-order chi connectivity index (χ1) is 27.2. The first-order valence-corrected chi connectivity index (χ1v) is 19.8. The Morgan fingerprint density at radius 3 is 2.28 bits per heavy atom. The van der Waals surface area contributed by atoms with Gasteiger partial charge in [-0.1, -0.05) is 12.1 Å². The summed E-state index contributed by atoms with van der Waals surface area (Å²) in [7, 11) is 0. The van der Waals surface area contributed by atoms with Crippen LogP contribution < -0.4 is 0 Å². The van der Waals surface area contributed by atoms with Crippen molar-refractivity contribution < 1.29 is 67.0 Å². The van der Waals surface area contributed by atoms with Crippen LogP contribution in [0.1, 0.15) is 126 Å². The van der Waals surface area contributed by atoms with Gasteiger partial charge in [-0.05, 0) is 70.9 Å². The Morgan fingerprint density at radius 1 is 0.754 bits per heavy atom. The third-order valence-electron chi connectivity index (χ3n) is 12.4. The van der Waals surface area contributed by atoms with Crippen LogP contribution in [0.15, 0.2) is 36.4 Å². The molecule has 57 heavy (non-hydrogen) atoms. The van der Waals surface area contributed by atoms with Crippen LogP contribution in [0.4, 0.5) is 0 Å². The van der Waals surface area contributed by atoms with Gasteiger partial charge in [0, 0.05) is 59.9 Å². The van der Waals surface area contributed by atoms with Crippen molar-refractivity contribution in [2.45, 2.75) is 153 Å². The molecule has 13 atom stereocenters. The molecule has 1 N–H and O–H groups in total. The van der Waals surface area contributed by atoms with Crippen LogP contribution in [-0.2, 0) is 53.9 Å². The molecule has 2 unspecified atom stereocenters. The summed E-state index contributed by atoms with van der Waals surface area (Å²) in [6.45, 7) is 8.91. The second-order valence-electron chi connectivity index (χ2n) is 16.6. The molecule has 5 aliphatic heterocycles. The van der Waals surface area contributed by atoms with Crippen LogP contribution in [0.3, 0.4) is 0 Å². The maximum atomic E-state index is 14.2. The quantitative estimate of drug-likeness (QED) is 0.381. The lowest BCUT2D eigenvalue weighted by Crippen LogP contribution is -2.60. The van der Waals surface area contributed by atoms with E-state index >= 15 is 0 Å². The molecule has 2 aromatic carbocycles. The van der Waals surface area contributed by atoms with E-state index in [1.807, 2.05) is 20.8 Å². The van der Waals surface area contributed by atoms with Gasteiger partial charge in [-0.25, -0.2) is 0 Å². The van der Waals surface area contributed by atoms with Gasteiger partial charge >= 0.3 is 0 Å². The molecule has 4 saturated heterocycles. The second kappa shape index (κ2) is 14.4. The van der Waals surface area contributed by atoms with Crippen molar-refractivity contribution in [3.8, 4) is 5.75 Å². The van der Waals surface area contributed by atoms with Gasteiger partial charge in [0.05, 0.1) is 41.7 Å². The third kappa shape index (κ3) is 6.73. The summed E-state index contributed by atoms with van der Waals surface area (Å²) >= 11 is 0. The van der Waals surface area contributed by atoms with E-state index < -0.39 is 78.8 Å². The van der Waals surface area contributed by atoms with Crippen molar-refractivity contribution in [3.05, 3.63) is 75.4 Å². The molecule has 302 valence electrons. The van der Waals surface area contributed by atoms with E-state index in [0.717, 1.165) is 0 Å². The van der Waals surface area contributed by atoms with Crippen molar-refractivity contribution in [3.63, 3.8) is 0 Å². The van der Waals surface area contributed by atoms with E-state index in [2.05, 4.69) is 0 Å². The first-order valence-electron chi connectivity index (χ1n) is 19.8. The molecule has 9 rings (SSSR count). The molecular formula is C43H46O14. The van der Waals surface area contributed by atoms with Gasteiger partial charge in [-0.15, -0.1) is 0 Å². The number of fused-ring (bicyclic) bond motifs is 6. The summed E-state index contributed by atoms with van der Waals surface area (Å²) in [5.74, 6) is -1.96. The molecule has 0 aromatic heterocycles. The number of carbonyl (C=O) groups is 5. The fraction of sp³-hybridized carbons (Fsp3) is 0.558. The van der Waals surface area contributed by atoms with Gasteiger partial charge in [0.2, 0.25) is 0 Å². The van der Waals surface area contributed by atoms with E-state index in [0.29, 0.717) is 30.4 Å². The molecule has 0 radical (unpaired) electrons. The molecular weight excluding hydrogens is 740 g/mol. The highest BCUT2D eigenvalue weighted by molar-refractivity contribution is 6.32. The van der Waals surface area contributed by atoms with Gasteiger partial charge in [0.1, 0.15) is 30.2 Å². The zero-order valence-electron chi connectivity index (χ0n) is 32.4. The maximum Gasteiger partial charge on any atom is 0.198 e. The van der Waals surface area contributed by atoms with Crippen molar-refractivity contribution in [1.82, 2.24) is 0 Å². The Morgan fingerprint density at radius 2 is 1.51 bits per heavy atom. The lowest BCUT2D eigenvalue weighted by atomic mass is 9.73. The molecule has 0 saturated carbocycles. The molecule has 4 fully saturated rings. The molecule has 2 aromatic rings. The summed E-state index contributed by atoms with van der Waals surface area (Å²) in [5.41, 5.74) is 0.108. The predicted octanol–water partition coefficient (Wildman–Crippen LogP) is 4.56. The van der Waals surface area contributed by atoms with Crippen molar-refractivity contribution in [2.24, 2.45) is 0 Å². The zero-order valence-corrected chi connectivity index (χ0v) is 32.4. The largest absolute Gasteiger partial charge is 0.507 e. The fourth-order valence-electron chi connectivity index (χ4n) is 9.46. The fourth-order valence-corrected chi connectivity index (χ4v) is 9.46. The number of phenolic OH excluding ortho intramolecular Hbond substituents is 1. The highest BCUT2D eigenvalue weighted by Crippen LogP contribution is 2.46. The van der Waals surface area contributed by atoms with Crippen LogP contribution in [0.5, 0.6) is 5.75 Å². The van der Waals surface area contributed by atoms with Gasteiger partial charge in [0.15, 0.2) is 47.8 Å². The zero-order chi connectivity index (χ0) is 40.1. The molecule has 5 heterocycles. The smallest absolute Gasteiger partial charge is 0.198 e. The summed E-state index contributed by atoms with van der Waals surface area (Å²) in [6.07, 6.45) is -1.61. The molecule has 2 aliphatic carbocycles. The van der Waals surface area contributed by atoms with Crippen LogP contribution >= 0.6 is 0 Å². The Labute approximate surface area is 329 Å². The number of hydrogen-bond acceptors (Lipinski definition) is 14. The van der Waals surface area contributed by atoms with Crippen molar-refractivity contribution >= 4 is 28.9 Å². The summed E-state index contributed by atoms with van der Waals surface area (Å²) in [6, 6.07) is 6.31. The van der Waals surface area contributed by atoms with E-state index in [1.54, 1.807) is 38.1 Å². The Hall–Kier alpha value is -3.99. The minimum absolute atomic E-state index is 0.00453. The Kier molecular flexibility index (Phi) is 9.72. The van der Waals surface area contributed by atoms with Gasteiger partial charge < -0.3 is 43.0 Å². The lowest BCUT2D eigenvalue weighted by Gasteiger charge is -2.49. The first kappa shape index (κ1) is 38.5. The van der Waals surface area contributed by atoms with E-state index in [4.69, 9.17) is 37.9 Å². The molecule has 14 nitrogen and oxygen atoms in total. The topological polar surface area (TPSA) is 179 Å². The SMILES string of the molecule is CC1O[C@@H](c2ccc3c(c2O)C(=O)c2ccc4c(c2C3=O)C(=O)C[C@](C)(O[C@H]2CC[C@H](O[C@H]3C=CC(=O)[C@H](C)O3)[C@H](C)O2)C4)C[C@H]2O[C@H]3CC(=O)[C@H](C)O[C@H]3OC12. The van der Waals surface area contributed by atoms with Crippen LogP contribution in [0.25, 0.3) is 0 Å². The highest BCUT2D eigenvalue weighted by Gasteiger charge is 2.51. The molecule has 14 heteroatoms. The highest BCUT2D eigenvalue weighted by atomic mass is 16.7. The van der Waals surface area contributed by atoms with Crippen LogP contribution in [0, 0.1) is 0 Å². The molecule has 0 bridgehead atoms. The standard InChI is InChI=1S/C43H46O14/c1-18-26(44)10-12-33(51-18)55-29-11-13-34(52-20(29)3)57-43(5)16-22-6-7-24-36(35(22)28(46)17-43)39(48)25-9-8-23(38(47)37(25)40(24)49)30-15-31-41(21(4)50-30)56-42-32(54-31)14-27(45)19(2)53-42/h6-10,12,18-21,29-34,41-42,47H,11,13-17H2,1-5H3/t18-,19-,20-,21?,29-,30+,31+,32-,33-,34-,41?,42-,43+/m0/s1. The number of carbonyl (C=O) groups excluding carboxylic acids is 5. The molecule has 0 amide bonds. The summed E-state index contributed by atoms with van der Waals surface area (Å²) in [4.78, 5) is 66.5. The number of benzene rings is 2. The number of ketones is 5. The van der Waals surface area contributed by atoms with Gasteiger partial charge in [0.25, 0.3) is 0 Å². The number of phenols is 1. The van der Waals surface area contributed by atoms with Crippen LogP contribution in [0.2, 0.25) is 0 Å². The Balaban J connectivity index is 0.902. The van der Waals surface area contributed by atoms with Crippen LogP contribution in [-0.4, -0.2) is 107 Å². The van der Waals surface area contributed by atoms with Gasteiger partial charge in [-0.3, -0.25) is 24.0 Å². The average Bonchev–Trinajstić information content (AvgIpc) is 3.15. The van der Waals surface area contributed by atoms with Crippen molar-refractivity contribution in [1.29, 1.82) is 0 Å². The lowest BCUT2D eigenvalue weighted by molar-refractivity contribution is -0.347. The monoisotopic (exact) mass is 786 g/mol. The Bertz CT molecular complexity index is 2090. The number of hydrogen-bond donors (Lipinski definition) is 1. The van der Waals surface area contributed by atoms with Gasteiger partial charge in [-0.2, -0.15) is 0 Å². The predicted molar refractivity (Wildman–Crippen MR) is 196 cm³/mol. The normalized spacial score (nSPS) is 38.9. The third-order valence-corrected chi connectivity index (χ3v) is 12.4. The second-order valence-corrected chi connectivity index (χ2v) is 16.6. The molecule has 0 spiro atoms.